The number of nitrogens with one attached hydrogen (secondary N) is 1. The first-order chi connectivity index (χ1) is 12.6. The van der Waals surface area contributed by atoms with E-state index in [1.54, 1.807) is 29.2 Å². The predicted octanol–water partition coefficient (Wildman–Crippen LogP) is 3.14. The fourth-order valence-electron chi connectivity index (χ4n) is 2.92. The molecule has 1 saturated heterocycles. The summed E-state index contributed by atoms with van der Waals surface area (Å²) in [4.78, 5) is 26.3. The number of hydrogen-bond acceptors (Lipinski definition) is 3. The van der Waals surface area contributed by atoms with Crippen molar-refractivity contribution in [2.75, 3.05) is 19.7 Å². The highest BCUT2D eigenvalue weighted by Crippen LogP contribution is 2.23. The third-order valence-electron chi connectivity index (χ3n) is 4.41. The SMILES string of the molecule is O=C(NC1CCN(C(=O)COc2ccccc2Cl)CC1)c1ccccc1. The molecular formula is C20H21ClN2O3. The van der Waals surface area contributed by atoms with Crippen LogP contribution in [0.25, 0.3) is 0 Å². The third kappa shape index (κ3) is 4.76. The Morgan fingerprint density at radius 2 is 1.69 bits per heavy atom. The minimum absolute atomic E-state index is 0.0369. The lowest BCUT2D eigenvalue weighted by Crippen LogP contribution is -2.47. The van der Waals surface area contributed by atoms with Crippen LogP contribution in [0, 0.1) is 0 Å². The van der Waals surface area contributed by atoms with Gasteiger partial charge in [0.2, 0.25) is 0 Å². The molecule has 3 rings (SSSR count). The van der Waals surface area contributed by atoms with E-state index in [-0.39, 0.29) is 24.5 Å². The number of benzene rings is 2. The molecule has 0 radical (unpaired) electrons. The molecule has 2 aromatic rings. The fourth-order valence-corrected chi connectivity index (χ4v) is 3.11. The molecular weight excluding hydrogens is 352 g/mol. The van der Waals surface area contributed by atoms with Gasteiger partial charge in [-0.2, -0.15) is 0 Å². The van der Waals surface area contributed by atoms with E-state index in [1.807, 2.05) is 30.3 Å². The van der Waals surface area contributed by atoms with E-state index in [0.29, 0.717) is 29.4 Å². The van der Waals surface area contributed by atoms with Crippen LogP contribution < -0.4 is 10.1 Å². The second kappa shape index (κ2) is 8.72. The van der Waals surface area contributed by atoms with Crippen molar-refractivity contribution in [2.45, 2.75) is 18.9 Å². The molecule has 2 aromatic carbocycles. The minimum atomic E-state index is -0.0718. The molecule has 0 unspecified atom stereocenters. The average molecular weight is 373 g/mol. The van der Waals surface area contributed by atoms with E-state index in [4.69, 9.17) is 16.3 Å². The van der Waals surface area contributed by atoms with Gasteiger partial charge in [0.15, 0.2) is 6.61 Å². The van der Waals surface area contributed by atoms with Gasteiger partial charge in [0.1, 0.15) is 5.75 Å². The fraction of sp³-hybridized carbons (Fsp3) is 0.300. The lowest BCUT2D eigenvalue weighted by atomic mass is 10.0. The normalized spacial score (nSPS) is 14.7. The molecule has 1 N–H and O–H groups in total. The van der Waals surface area contributed by atoms with Crippen molar-refractivity contribution in [3.8, 4) is 5.75 Å². The zero-order valence-electron chi connectivity index (χ0n) is 14.4. The van der Waals surface area contributed by atoms with Crippen LogP contribution in [-0.4, -0.2) is 42.5 Å². The van der Waals surface area contributed by atoms with Gasteiger partial charge in [-0.05, 0) is 37.1 Å². The first-order valence-corrected chi connectivity index (χ1v) is 9.02. The molecule has 1 aliphatic rings. The molecule has 1 heterocycles. The summed E-state index contributed by atoms with van der Waals surface area (Å²) < 4.78 is 5.51. The molecule has 5 nitrogen and oxygen atoms in total. The van der Waals surface area contributed by atoms with Crippen LogP contribution in [0.4, 0.5) is 0 Å². The van der Waals surface area contributed by atoms with Gasteiger partial charge in [0, 0.05) is 24.7 Å². The van der Waals surface area contributed by atoms with E-state index in [2.05, 4.69) is 5.32 Å². The van der Waals surface area contributed by atoms with E-state index in [1.165, 1.54) is 0 Å². The Morgan fingerprint density at radius 3 is 2.38 bits per heavy atom. The van der Waals surface area contributed by atoms with Crippen molar-refractivity contribution in [3.63, 3.8) is 0 Å². The number of ether oxygens (including phenoxy) is 1. The highest BCUT2D eigenvalue weighted by atomic mass is 35.5. The summed E-state index contributed by atoms with van der Waals surface area (Å²) >= 11 is 6.02. The number of likely N-dealkylation sites (tertiary alicyclic amines) is 1. The van der Waals surface area contributed by atoms with E-state index < -0.39 is 0 Å². The van der Waals surface area contributed by atoms with Gasteiger partial charge < -0.3 is 15.0 Å². The molecule has 26 heavy (non-hydrogen) atoms. The maximum Gasteiger partial charge on any atom is 0.260 e. The molecule has 0 saturated carbocycles. The molecule has 136 valence electrons. The lowest BCUT2D eigenvalue weighted by Gasteiger charge is -2.32. The monoisotopic (exact) mass is 372 g/mol. The Kier molecular flexibility index (Phi) is 6.12. The number of rotatable bonds is 5. The van der Waals surface area contributed by atoms with Crippen LogP contribution in [0.1, 0.15) is 23.2 Å². The molecule has 1 aliphatic heterocycles. The summed E-state index contributed by atoms with van der Waals surface area (Å²) in [6.45, 7) is 1.17. The first-order valence-electron chi connectivity index (χ1n) is 8.64. The number of para-hydroxylation sites is 1. The maximum atomic E-state index is 12.3. The second-order valence-corrected chi connectivity index (χ2v) is 6.62. The molecule has 0 aliphatic carbocycles. The number of carbonyl (C=O) groups is 2. The molecule has 1 fully saturated rings. The van der Waals surface area contributed by atoms with Crippen molar-refractivity contribution >= 4 is 23.4 Å². The van der Waals surface area contributed by atoms with Gasteiger partial charge in [-0.3, -0.25) is 9.59 Å². The lowest BCUT2D eigenvalue weighted by molar-refractivity contribution is -0.134. The van der Waals surface area contributed by atoms with Crippen molar-refractivity contribution in [3.05, 3.63) is 65.2 Å². The van der Waals surface area contributed by atoms with Gasteiger partial charge in [-0.15, -0.1) is 0 Å². The van der Waals surface area contributed by atoms with Crippen molar-refractivity contribution in [1.82, 2.24) is 10.2 Å². The number of hydrogen-bond donors (Lipinski definition) is 1. The van der Waals surface area contributed by atoms with Crippen LogP contribution in [0.3, 0.4) is 0 Å². The largest absolute Gasteiger partial charge is 0.482 e. The van der Waals surface area contributed by atoms with Gasteiger partial charge in [0.25, 0.3) is 11.8 Å². The number of halogens is 1. The molecule has 0 atom stereocenters. The zero-order chi connectivity index (χ0) is 18.4. The Bertz CT molecular complexity index is 759. The van der Waals surface area contributed by atoms with Gasteiger partial charge >= 0.3 is 0 Å². The average Bonchev–Trinajstić information content (AvgIpc) is 2.68. The van der Waals surface area contributed by atoms with Crippen molar-refractivity contribution < 1.29 is 14.3 Å². The quantitative estimate of drug-likeness (QED) is 0.877. The molecule has 0 spiro atoms. The highest BCUT2D eigenvalue weighted by Gasteiger charge is 2.24. The topological polar surface area (TPSA) is 58.6 Å². The van der Waals surface area contributed by atoms with E-state index in [9.17, 15) is 9.59 Å². The predicted molar refractivity (Wildman–Crippen MR) is 100 cm³/mol. The van der Waals surface area contributed by atoms with E-state index >= 15 is 0 Å². The van der Waals surface area contributed by atoms with Crippen LogP contribution >= 0.6 is 11.6 Å². The summed E-state index contributed by atoms with van der Waals surface area (Å²) in [5.74, 6) is 0.364. The number of nitrogens with zero attached hydrogens (tertiary/aromatic N) is 1. The first kappa shape index (κ1) is 18.3. The van der Waals surface area contributed by atoms with Gasteiger partial charge in [-0.1, -0.05) is 41.9 Å². The molecule has 2 amide bonds. The smallest absolute Gasteiger partial charge is 0.260 e. The highest BCUT2D eigenvalue weighted by molar-refractivity contribution is 6.32. The van der Waals surface area contributed by atoms with Gasteiger partial charge in [0.05, 0.1) is 5.02 Å². The van der Waals surface area contributed by atoms with Crippen molar-refractivity contribution in [1.29, 1.82) is 0 Å². The summed E-state index contributed by atoms with van der Waals surface area (Å²) in [6, 6.07) is 16.3. The van der Waals surface area contributed by atoms with Crippen LogP contribution in [0.5, 0.6) is 5.75 Å². The molecule has 6 heteroatoms. The summed E-state index contributed by atoms with van der Waals surface area (Å²) in [5, 5.41) is 3.52. The molecule has 0 aromatic heterocycles. The number of piperidine rings is 1. The number of amides is 2. The number of carbonyl (C=O) groups excluding carboxylic acids is 2. The summed E-state index contributed by atoms with van der Waals surface area (Å²) in [6.07, 6.45) is 1.47. The second-order valence-electron chi connectivity index (χ2n) is 6.21. The Balaban J connectivity index is 1.44. The Hall–Kier alpha value is -2.53. The van der Waals surface area contributed by atoms with Crippen LogP contribution in [-0.2, 0) is 4.79 Å². The zero-order valence-corrected chi connectivity index (χ0v) is 15.1. The van der Waals surface area contributed by atoms with Crippen molar-refractivity contribution in [2.24, 2.45) is 0 Å². The summed E-state index contributed by atoms with van der Waals surface area (Å²) in [7, 11) is 0. The van der Waals surface area contributed by atoms with Crippen LogP contribution in [0.2, 0.25) is 5.02 Å². The Morgan fingerprint density at radius 1 is 1.04 bits per heavy atom. The molecule has 0 bridgehead atoms. The van der Waals surface area contributed by atoms with E-state index in [0.717, 1.165) is 12.8 Å². The maximum absolute atomic E-state index is 12.3. The standard InChI is InChI=1S/C20H21ClN2O3/c21-17-8-4-5-9-18(17)26-14-19(24)23-12-10-16(11-13-23)22-20(25)15-6-2-1-3-7-15/h1-9,16H,10-14H2,(H,22,25). The van der Waals surface area contributed by atoms with Gasteiger partial charge in [-0.25, -0.2) is 0 Å². The van der Waals surface area contributed by atoms with Crippen LogP contribution in [0.15, 0.2) is 54.6 Å². The Labute approximate surface area is 157 Å². The summed E-state index contributed by atoms with van der Waals surface area (Å²) in [5.41, 5.74) is 0.652. The minimum Gasteiger partial charge on any atom is -0.482 e. The third-order valence-corrected chi connectivity index (χ3v) is 4.72.